The summed E-state index contributed by atoms with van der Waals surface area (Å²) in [6.07, 6.45) is 36.0. The second-order valence-corrected chi connectivity index (χ2v) is 13.1. The zero-order chi connectivity index (χ0) is 36.5. The summed E-state index contributed by atoms with van der Waals surface area (Å²) in [5.74, 6) is -0.0176. The Labute approximate surface area is 300 Å². The lowest BCUT2D eigenvalue weighted by molar-refractivity contribution is -0.151. The monoisotopic (exact) mass is 682 g/mol. The fraction of sp³-hybridized carbons (Fsp3) is 0.905. The van der Waals surface area contributed by atoms with Gasteiger partial charge >= 0.3 is 11.9 Å². The molecule has 0 bridgehead atoms. The first kappa shape index (κ1) is 50.8. The Morgan fingerprint density at radius 3 is 1.19 bits per heavy atom. The molecule has 6 nitrogen and oxygen atoms in total. The molecule has 0 aliphatic rings. The smallest absolute Gasteiger partial charge is 0.306 e. The molecular weight excluding hydrogens is 598 g/mol. The first-order valence-corrected chi connectivity index (χ1v) is 20.6. The van der Waals surface area contributed by atoms with Crippen molar-refractivity contribution >= 4 is 11.9 Å². The van der Waals surface area contributed by atoms with Crippen molar-refractivity contribution in [1.29, 1.82) is 0 Å². The van der Waals surface area contributed by atoms with Crippen molar-refractivity contribution in [2.24, 2.45) is 0 Å². The number of terminal acetylenes is 1. The molecule has 0 aromatic carbocycles. The van der Waals surface area contributed by atoms with E-state index >= 15 is 0 Å². The molecular formula is C42H83NO5. The summed E-state index contributed by atoms with van der Waals surface area (Å²) in [7, 11) is 0. The van der Waals surface area contributed by atoms with Crippen LogP contribution in [0.5, 0.6) is 0 Å². The summed E-state index contributed by atoms with van der Waals surface area (Å²) in [5.41, 5.74) is 0. The molecule has 48 heavy (non-hydrogen) atoms. The van der Waals surface area contributed by atoms with Crippen molar-refractivity contribution in [3.8, 4) is 12.8 Å². The molecule has 0 saturated carbocycles. The molecule has 0 heterocycles. The van der Waals surface area contributed by atoms with Crippen LogP contribution in [0.25, 0.3) is 0 Å². The lowest BCUT2D eigenvalue weighted by Crippen LogP contribution is -2.29. The van der Waals surface area contributed by atoms with Gasteiger partial charge in [0.1, 0.15) is 12.2 Å². The van der Waals surface area contributed by atoms with E-state index in [2.05, 4.69) is 45.4 Å². The molecule has 0 fully saturated rings. The maximum atomic E-state index is 12.3. The highest BCUT2D eigenvalue weighted by molar-refractivity contribution is 5.69. The van der Waals surface area contributed by atoms with Gasteiger partial charge in [-0.25, -0.2) is 0 Å². The number of carbonyl (C=O) groups excluding carboxylic acids is 2. The van der Waals surface area contributed by atoms with Gasteiger partial charge in [-0.3, -0.25) is 9.59 Å². The average Bonchev–Trinajstić information content (AvgIpc) is 3.10. The van der Waals surface area contributed by atoms with Gasteiger partial charge in [-0.2, -0.15) is 0 Å². The Morgan fingerprint density at radius 2 is 0.833 bits per heavy atom. The summed E-state index contributed by atoms with van der Waals surface area (Å²) >= 11 is 0. The Balaban J connectivity index is -0.00000486. The van der Waals surface area contributed by atoms with Crippen LogP contribution >= 0.6 is 0 Å². The van der Waals surface area contributed by atoms with Gasteiger partial charge in [0, 0.05) is 19.4 Å². The summed E-state index contributed by atoms with van der Waals surface area (Å²) < 4.78 is 11.6. The summed E-state index contributed by atoms with van der Waals surface area (Å²) in [5, 5.41) is 9.50. The van der Waals surface area contributed by atoms with E-state index in [1.165, 1.54) is 38.5 Å². The molecule has 0 aromatic rings. The van der Waals surface area contributed by atoms with Crippen molar-refractivity contribution in [1.82, 2.24) is 4.90 Å². The maximum absolute atomic E-state index is 12.3. The van der Waals surface area contributed by atoms with Crippen LogP contribution in [0.3, 0.4) is 0 Å². The third kappa shape index (κ3) is 37.2. The van der Waals surface area contributed by atoms with Gasteiger partial charge in [-0.15, -0.1) is 12.8 Å². The van der Waals surface area contributed by atoms with Gasteiger partial charge in [0.05, 0.1) is 6.61 Å². The number of unbranched alkanes of at least 4 members (excludes halogenated alkanes) is 14. The van der Waals surface area contributed by atoms with Gasteiger partial charge < -0.3 is 19.5 Å². The number of ether oxygens (including phenoxy) is 2. The second-order valence-electron chi connectivity index (χ2n) is 13.1. The van der Waals surface area contributed by atoms with Crippen LogP contribution < -0.4 is 0 Å². The van der Waals surface area contributed by atoms with E-state index in [-0.39, 0.29) is 30.8 Å². The minimum absolute atomic E-state index is 0.00879. The first-order valence-electron chi connectivity index (χ1n) is 20.6. The van der Waals surface area contributed by atoms with Crippen LogP contribution in [0.1, 0.15) is 208 Å². The van der Waals surface area contributed by atoms with Crippen molar-refractivity contribution in [3.05, 3.63) is 0 Å². The Bertz CT molecular complexity index is 618. The minimum Gasteiger partial charge on any atom is -0.462 e. The normalized spacial score (nSPS) is 12.0. The quantitative estimate of drug-likeness (QED) is 0.0414. The molecule has 0 spiro atoms. The highest BCUT2D eigenvalue weighted by atomic mass is 16.5. The maximum Gasteiger partial charge on any atom is 0.306 e. The standard InChI is InChI=1S/C38H75NO5.C2H6.C2H2/c1-5-9-19-27-35(25-11-7-3)43-37(41)29-21-15-13-17-23-31-39(33-34-40)32-24-18-14-16-22-30-38(42)44-36(26-12-8-4)28-20-10-6-2;2*1-2/h35-36,40H,5-34H2,1-4H3;1-2H3;1-2H. The SMILES string of the molecule is C#C.CC.CCCCCC(CCCC)OC(=O)CCCCCCCN(CCO)CCCCCCCC(=O)OC(CCCC)CCCCC. The number of esters is 2. The van der Waals surface area contributed by atoms with Gasteiger partial charge in [-0.1, -0.05) is 131 Å². The van der Waals surface area contributed by atoms with Crippen LogP contribution in [-0.4, -0.2) is 60.4 Å². The van der Waals surface area contributed by atoms with Crippen LogP contribution in [0, 0.1) is 12.8 Å². The van der Waals surface area contributed by atoms with E-state index in [0.29, 0.717) is 12.8 Å². The molecule has 1 N–H and O–H groups in total. The number of carbonyl (C=O) groups is 2. The van der Waals surface area contributed by atoms with Crippen molar-refractivity contribution in [2.45, 2.75) is 221 Å². The molecule has 0 rings (SSSR count). The molecule has 0 amide bonds. The summed E-state index contributed by atoms with van der Waals surface area (Å²) in [4.78, 5) is 27.1. The molecule has 286 valence electrons. The molecule has 0 radical (unpaired) electrons. The number of nitrogens with zero attached hydrogens (tertiary/aromatic N) is 1. The van der Waals surface area contributed by atoms with Gasteiger partial charge in [0.15, 0.2) is 0 Å². The minimum atomic E-state index is -0.00879. The molecule has 2 atom stereocenters. The van der Waals surface area contributed by atoms with Crippen LogP contribution in [0.4, 0.5) is 0 Å². The van der Waals surface area contributed by atoms with E-state index in [4.69, 9.17) is 9.47 Å². The molecule has 0 saturated heterocycles. The van der Waals surface area contributed by atoms with Crippen LogP contribution in [0.2, 0.25) is 0 Å². The van der Waals surface area contributed by atoms with E-state index in [0.717, 1.165) is 135 Å². The van der Waals surface area contributed by atoms with Crippen molar-refractivity contribution in [2.75, 3.05) is 26.2 Å². The third-order valence-electron chi connectivity index (χ3n) is 8.74. The van der Waals surface area contributed by atoms with Gasteiger partial charge in [0.2, 0.25) is 0 Å². The average molecular weight is 682 g/mol. The molecule has 2 unspecified atom stereocenters. The zero-order valence-corrected chi connectivity index (χ0v) is 33.1. The Morgan fingerprint density at radius 1 is 0.500 bits per heavy atom. The van der Waals surface area contributed by atoms with E-state index < -0.39 is 0 Å². The topological polar surface area (TPSA) is 76.1 Å². The lowest BCUT2D eigenvalue weighted by atomic mass is 10.1. The van der Waals surface area contributed by atoms with E-state index in [9.17, 15) is 14.7 Å². The van der Waals surface area contributed by atoms with E-state index in [1.54, 1.807) is 0 Å². The molecule has 0 aromatic heterocycles. The fourth-order valence-electron chi connectivity index (χ4n) is 5.87. The van der Waals surface area contributed by atoms with Crippen molar-refractivity contribution < 1.29 is 24.2 Å². The summed E-state index contributed by atoms with van der Waals surface area (Å²) in [6, 6.07) is 0. The third-order valence-corrected chi connectivity index (χ3v) is 8.74. The zero-order valence-electron chi connectivity index (χ0n) is 33.1. The Hall–Kier alpha value is -1.58. The lowest BCUT2D eigenvalue weighted by Gasteiger charge is -2.21. The van der Waals surface area contributed by atoms with Gasteiger partial charge in [0.25, 0.3) is 0 Å². The van der Waals surface area contributed by atoms with E-state index in [1.807, 2.05) is 13.8 Å². The number of rotatable bonds is 34. The number of aliphatic hydroxyl groups excluding tert-OH is 1. The predicted molar refractivity (Wildman–Crippen MR) is 207 cm³/mol. The first-order chi connectivity index (χ1) is 23.5. The molecule has 0 aliphatic carbocycles. The van der Waals surface area contributed by atoms with Crippen LogP contribution in [-0.2, 0) is 19.1 Å². The van der Waals surface area contributed by atoms with Crippen molar-refractivity contribution in [3.63, 3.8) is 0 Å². The highest BCUT2D eigenvalue weighted by Gasteiger charge is 2.15. The summed E-state index contributed by atoms with van der Waals surface area (Å²) in [6.45, 7) is 15.8. The second kappa shape index (κ2) is 43.4. The predicted octanol–water partition coefficient (Wildman–Crippen LogP) is 11.6. The molecule has 0 aliphatic heterocycles. The molecule has 6 heteroatoms. The number of aliphatic hydroxyl groups is 1. The van der Waals surface area contributed by atoms with Gasteiger partial charge in [-0.05, 0) is 77.3 Å². The number of hydrogen-bond acceptors (Lipinski definition) is 6. The highest BCUT2D eigenvalue weighted by Crippen LogP contribution is 2.17. The Kier molecular flexibility index (Phi) is 46.0. The fourth-order valence-corrected chi connectivity index (χ4v) is 5.87. The van der Waals surface area contributed by atoms with Crippen LogP contribution in [0.15, 0.2) is 0 Å². The number of hydrogen-bond donors (Lipinski definition) is 1. The largest absolute Gasteiger partial charge is 0.462 e.